The Kier molecular flexibility index (Phi) is 20.9. The Bertz CT molecular complexity index is 2370. The number of methoxy groups -OCH3 is 3. The number of ether oxygens (including phenoxy) is 8. The maximum Gasteiger partial charge on any atom is 0.311 e. The third kappa shape index (κ3) is 13.7. The van der Waals surface area contributed by atoms with Crippen molar-refractivity contribution in [2.75, 3.05) is 47.3 Å². The van der Waals surface area contributed by atoms with E-state index in [-0.39, 0.29) is 31.0 Å². The molecule has 0 saturated carbocycles. The van der Waals surface area contributed by atoms with Crippen LogP contribution in [0.3, 0.4) is 0 Å². The van der Waals surface area contributed by atoms with Crippen LogP contribution in [-0.4, -0.2) is 188 Å². The normalized spacial score (nSPS) is 37.7. The largest absolute Gasteiger partial charge is 0.459 e. The maximum atomic E-state index is 14.9. The van der Waals surface area contributed by atoms with Crippen molar-refractivity contribution < 1.29 is 72.3 Å². The van der Waals surface area contributed by atoms with Crippen LogP contribution in [0.1, 0.15) is 118 Å². The minimum absolute atomic E-state index is 0.0353. The van der Waals surface area contributed by atoms with Gasteiger partial charge in [-0.3, -0.25) is 9.59 Å². The Morgan fingerprint density at radius 2 is 1.55 bits per heavy atom. The minimum atomic E-state index is -2.02. The van der Waals surface area contributed by atoms with Gasteiger partial charge in [-0.25, -0.2) is 19.0 Å². The molecule has 6 rings (SSSR count). The summed E-state index contributed by atoms with van der Waals surface area (Å²) in [4.78, 5) is 38.9. The fourth-order valence-electron chi connectivity index (χ4n) is 11.7. The lowest BCUT2D eigenvalue weighted by molar-refractivity contribution is -0.319. The maximum absolute atomic E-state index is 14.9. The van der Waals surface area contributed by atoms with Gasteiger partial charge < -0.3 is 69.0 Å². The topological polar surface area (TPSA) is 275 Å². The Morgan fingerprint density at radius 3 is 2.14 bits per heavy atom. The van der Waals surface area contributed by atoms with Gasteiger partial charge in [0.05, 0.1) is 53.3 Å². The number of esters is 1. The van der Waals surface area contributed by atoms with Crippen LogP contribution >= 0.6 is 0 Å². The molecular weight excluding hydrogens is 1000 g/mol. The number of likely N-dealkylation sites (N-methyl/N-ethyl adjacent to an activating group) is 1. The Morgan fingerprint density at radius 1 is 0.896 bits per heavy atom. The summed E-state index contributed by atoms with van der Waals surface area (Å²) in [5, 5.41) is 55.7. The number of anilines is 1. The highest BCUT2D eigenvalue weighted by Crippen LogP contribution is 2.42. The highest BCUT2D eigenvalue weighted by molar-refractivity contribution is 5.83. The SMILES string of the molecule is CC[C@H]1OC(=O)[C@H](C)[C@@H](O[C@H]2C[C@@](C)(OC)[C@@H](O)[C@H](C)O2)[C@H](C)[C@@H](O[C@@H]2O[C@H](C)C[C@H](N(C)CCc3cn([C@H](CF)[C@H](OC)c4ccc(-c5cnc(N)nc5)cc4)nn3)[C@H]2O)[C@](C)(OC)C[C@@H](C)C(=O)[C@H](C)[C@@H](O)[C@]1(C)O. The van der Waals surface area contributed by atoms with E-state index < -0.39 is 133 Å². The molecule has 3 aromatic rings. The molecule has 5 heterocycles. The molecule has 20 atom stereocenters. The van der Waals surface area contributed by atoms with Crippen LogP contribution in [0.4, 0.5) is 10.3 Å². The molecule has 0 unspecified atom stereocenters. The van der Waals surface area contributed by atoms with E-state index in [9.17, 15) is 34.4 Å². The zero-order valence-corrected chi connectivity index (χ0v) is 47.3. The molecule has 0 aliphatic carbocycles. The van der Waals surface area contributed by atoms with Crippen molar-refractivity contribution in [1.29, 1.82) is 0 Å². The molecule has 2 aromatic heterocycles. The highest BCUT2D eigenvalue weighted by Gasteiger charge is 2.54. The molecule has 6 N–H and O–H groups in total. The van der Waals surface area contributed by atoms with Crippen molar-refractivity contribution in [1.82, 2.24) is 29.9 Å². The molecule has 77 heavy (non-hydrogen) atoms. The molecule has 3 fully saturated rings. The number of cyclic esters (lactones) is 1. The molecule has 1 aromatic carbocycles. The van der Waals surface area contributed by atoms with Gasteiger partial charge in [0.2, 0.25) is 5.95 Å². The van der Waals surface area contributed by atoms with Crippen molar-refractivity contribution in [2.24, 2.45) is 23.7 Å². The summed E-state index contributed by atoms with van der Waals surface area (Å²) < 4.78 is 67.1. The van der Waals surface area contributed by atoms with Gasteiger partial charge in [0.1, 0.15) is 48.5 Å². The second-order valence-corrected chi connectivity index (χ2v) is 22.4. The number of benzene rings is 1. The van der Waals surface area contributed by atoms with Crippen molar-refractivity contribution >= 4 is 17.7 Å². The van der Waals surface area contributed by atoms with E-state index in [2.05, 4.69) is 20.3 Å². The average molecular weight is 1090 g/mol. The average Bonchev–Trinajstić information content (AvgIpc) is 3.89. The van der Waals surface area contributed by atoms with Crippen LogP contribution < -0.4 is 5.73 Å². The van der Waals surface area contributed by atoms with Crippen LogP contribution in [0.2, 0.25) is 0 Å². The number of aliphatic hydroxyl groups is 4. The van der Waals surface area contributed by atoms with Crippen LogP contribution in [0, 0.1) is 23.7 Å². The van der Waals surface area contributed by atoms with Crippen LogP contribution in [0.15, 0.2) is 42.9 Å². The first kappa shape index (κ1) is 62.0. The summed E-state index contributed by atoms with van der Waals surface area (Å²) in [5.41, 5.74) is 4.12. The Labute approximate surface area is 452 Å². The fourth-order valence-corrected chi connectivity index (χ4v) is 11.7. The van der Waals surface area contributed by atoms with Crippen LogP contribution in [-0.2, 0) is 53.9 Å². The molecule has 0 amide bonds. The molecule has 3 saturated heterocycles. The molecule has 432 valence electrons. The van der Waals surface area contributed by atoms with E-state index in [1.54, 1.807) is 60.1 Å². The number of carbonyl (C=O) groups excluding carboxylic acids is 2. The van der Waals surface area contributed by atoms with E-state index in [1.807, 2.05) is 50.1 Å². The molecule has 0 spiro atoms. The van der Waals surface area contributed by atoms with Gasteiger partial charge in [-0.1, -0.05) is 57.2 Å². The Balaban J connectivity index is 1.27. The van der Waals surface area contributed by atoms with Crippen molar-refractivity contribution in [2.45, 2.75) is 198 Å². The van der Waals surface area contributed by atoms with E-state index in [0.717, 1.165) is 16.7 Å². The minimum Gasteiger partial charge on any atom is -0.459 e. The number of nitrogens with two attached hydrogens (primary N) is 1. The molecule has 3 aliphatic rings. The quantitative estimate of drug-likeness (QED) is 0.116. The second kappa shape index (κ2) is 26.0. The van der Waals surface area contributed by atoms with Crippen molar-refractivity contribution in [3.8, 4) is 11.1 Å². The summed E-state index contributed by atoms with van der Waals surface area (Å²) in [5.74, 6) is -4.73. The standard InChI is InChI=1S/C55H86FN7O14/c1-15-41-55(10,69)47(66)31(4)43(64)29(2)23-54(9,72-14)49(32(5)45(33(6)50(68)75-41)76-42-24-53(8,71-13)48(67)34(7)74-42)77-51-44(65)39(22-30(3)73-51)62(11)21-20-38-28-63(61-60-38)40(25-56)46(70-12)36-18-16-35(17-19-36)37-26-58-52(57)59-27-37/h16-19,26-34,39-42,44-49,51,65-67,69H,15,20-25H2,1-14H3,(H2,57,58,59)/t29-,30-,31+,32+,33-,34+,39+,40-,41-,42+,44-,45+,46-,47-,48+,49-,51+,53-,54-,55-/m1/s1. The van der Waals surface area contributed by atoms with Gasteiger partial charge in [0.15, 0.2) is 12.6 Å². The monoisotopic (exact) mass is 1090 g/mol. The number of aromatic nitrogens is 5. The Hall–Kier alpha value is -4.17. The predicted octanol–water partition coefficient (Wildman–Crippen LogP) is 4.58. The number of carbonyl (C=O) groups is 2. The van der Waals surface area contributed by atoms with E-state index in [1.165, 1.54) is 39.9 Å². The number of aliphatic hydroxyl groups excluding tert-OH is 3. The lowest BCUT2D eigenvalue weighted by Crippen LogP contribution is -2.61. The first-order chi connectivity index (χ1) is 36.3. The number of Topliss-reactive ketones (excluding diaryl/α,β-unsaturated/α-hetero) is 1. The molecular formula is C55H86FN7O14. The van der Waals surface area contributed by atoms with Gasteiger partial charge in [-0.15, -0.1) is 5.10 Å². The van der Waals surface area contributed by atoms with E-state index in [4.69, 9.17) is 43.6 Å². The number of halogens is 1. The molecule has 0 radical (unpaired) electrons. The lowest BCUT2D eigenvalue weighted by Gasteiger charge is -2.50. The number of hydrogen-bond donors (Lipinski definition) is 5. The van der Waals surface area contributed by atoms with E-state index in [0.29, 0.717) is 25.1 Å². The number of nitrogens with zero attached hydrogens (tertiary/aromatic N) is 6. The molecule has 21 nitrogen and oxygen atoms in total. The van der Waals surface area contributed by atoms with Gasteiger partial charge >= 0.3 is 5.97 Å². The van der Waals surface area contributed by atoms with E-state index >= 15 is 0 Å². The number of nitrogen functional groups attached to an aromatic ring is 1. The van der Waals surface area contributed by atoms with Gasteiger partial charge in [0, 0.05) is 88.7 Å². The van der Waals surface area contributed by atoms with Gasteiger partial charge in [-0.05, 0) is 79.0 Å². The lowest BCUT2D eigenvalue weighted by atomic mass is 9.74. The first-order valence-electron chi connectivity index (χ1n) is 26.9. The van der Waals surface area contributed by atoms with Crippen LogP contribution in [0.5, 0.6) is 0 Å². The summed E-state index contributed by atoms with van der Waals surface area (Å²) >= 11 is 0. The third-order valence-corrected chi connectivity index (χ3v) is 16.8. The third-order valence-electron chi connectivity index (χ3n) is 16.8. The number of alkyl halides is 1. The van der Waals surface area contributed by atoms with Gasteiger partial charge in [0.25, 0.3) is 0 Å². The highest BCUT2D eigenvalue weighted by atomic mass is 19.1. The summed E-state index contributed by atoms with van der Waals surface area (Å²) in [6.45, 7) is 16.5. The number of hydrogen-bond acceptors (Lipinski definition) is 20. The zero-order chi connectivity index (χ0) is 56.9. The molecule has 22 heteroatoms. The second-order valence-electron chi connectivity index (χ2n) is 22.4. The zero-order valence-electron chi connectivity index (χ0n) is 47.3. The predicted molar refractivity (Wildman–Crippen MR) is 280 cm³/mol. The van der Waals surface area contributed by atoms with Gasteiger partial charge in [-0.2, -0.15) is 0 Å². The van der Waals surface area contributed by atoms with Crippen molar-refractivity contribution in [3.05, 3.63) is 54.1 Å². The number of rotatable bonds is 17. The summed E-state index contributed by atoms with van der Waals surface area (Å²) in [6.07, 6.45) is -5.46. The van der Waals surface area contributed by atoms with Crippen LogP contribution in [0.25, 0.3) is 11.1 Å². The first-order valence-corrected chi connectivity index (χ1v) is 26.9. The smallest absolute Gasteiger partial charge is 0.311 e. The molecule has 0 bridgehead atoms. The summed E-state index contributed by atoms with van der Waals surface area (Å²) in [7, 11) is 6.36. The number of ketones is 1. The van der Waals surface area contributed by atoms with Crippen molar-refractivity contribution in [3.63, 3.8) is 0 Å². The molecule has 3 aliphatic heterocycles. The summed E-state index contributed by atoms with van der Waals surface area (Å²) in [6, 6.07) is 6.12. The fraction of sp³-hybridized carbons (Fsp3) is 0.745.